The van der Waals surface area contributed by atoms with E-state index in [1.54, 1.807) is 0 Å². The first-order valence-corrected chi connectivity index (χ1v) is 5.98. The smallest absolute Gasteiger partial charge is 0.0665 e. The SMILES string of the molecule is CCC(N)C#Cc1ccc(CC(C)C)cc1. The number of rotatable bonds is 3. The zero-order valence-corrected chi connectivity index (χ0v) is 10.5. The lowest BCUT2D eigenvalue weighted by Crippen LogP contribution is -2.15. The zero-order chi connectivity index (χ0) is 12.0. The Hall–Kier alpha value is -1.26. The van der Waals surface area contributed by atoms with E-state index in [1.807, 2.05) is 6.92 Å². The second-order valence-corrected chi connectivity index (χ2v) is 4.58. The summed E-state index contributed by atoms with van der Waals surface area (Å²) in [4.78, 5) is 0. The molecule has 0 radical (unpaired) electrons. The Kier molecular flexibility index (Phi) is 5.08. The van der Waals surface area contributed by atoms with Gasteiger partial charge >= 0.3 is 0 Å². The molecule has 0 heterocycles. The van der Waals surface area contributed by atoms with Crippen molar-refractivity contribution >= 4 is 0 Å². The Morgan fingerprint density at radius 1 is 1.19 bits per heavy atom. The summed E-state index contributed by atoms with van der Waals surface area (Å²) in [6.07, 6.45) is 2.03. The summed E-state index contributed by atoms with van der Waals surface area (Å²) in [6, 6.07) is 8.46. The number of hydrogen-bond acceptors (Lipinski definition) is 1. The molecule has 1 unspecified atom stereocenters. The molecule has 86 valence electrons. The Morgan fingerprint density at radius 3 is 2.31 bits per heavy atom. The Balaban J connectivity index is 2.66. The first kappa shape index (κ1) is 12.8. The third kappa shape index (κ3) is 4.51. The van der Waals surface area contributed by atoms with E-state index in [0.717, 1.165) is 18.4 Å². The van der Waals surface area contributed by atoms with Gasteiger partial charge in [0.15, 0.2) is 0 Å². The quantitative estimate of drug-likeness (QED) is 0.771. The van der Waals surface area contributed by atoms with Crippen LogP contribution in [0.15, 0.2) is 24.3 Å². The Morgan fingerprint density at radius 2 is 1.81 bits per heavy atom. The fraction of sp³-hybridized carbons (Fsp3) is 0.467. The van der Waals surface area contributed by atoms with Crippen LogP contribution in [-0.4, -0.2) is 6.04 Å². The standard InChI is InChI=1S/C15H21N/c1-4-15(16)10-9-13-5-7-14(8-6-13)11-12(2)3/h5-8,12,15H,4,11,16H2,1-3H3. The molecule has 0 aromatic heterocycles. The topological polar surface area (TPSA) is 26.0 Å². The van der Waals surface area contributed by atoms with E-state index < -0.39 is 0 Å². The molecule has 1 rings (SSSR count). The van der Waals surface area contributed by atoms with Crippen molar-refractivity contribution < 1.29 is 0 Å². The molecule has 0 amide bonds. The first-order valence-electron chi connectivity index (χ1n) is 5.98. The van der Waals surface area contributed by atoms with Crippen molar-refractivity contribution in [1.29, 1.82) is 0 Å². The molecule has 0 saturated heterocycles. The van der Waals surface area contributed by atoms with Gasteiger partial charge in [0.05, 0.1) is 6.04 Å². The second-order valence-electron chi connectivity index (χ2n) is 4.58. The van der Waals surface area contributed by atoms with Crippen LogP contribution >= 0.6 is 0 Å². The van der Waals surface area contributed by atoms with Gasteiger partial charge in [0.25, 0.3) is 0 Å². The highest BCUT2D eigenvalue weighted by molar-refractivity contribution is 5.37. The van der Waals surface area contributed by atoms with Crippen molar-refractivity contribution in [1.82, 2.24) is 0 Å². The average molecular weight is 215 g/mol. The molecule has 0 aliphatic heterocycles. The Labute approximate surface area is 99.1 Å². The molecule has 1 aromatic rings. The maximum atomic E-state index is 5.74. The summed E-state index contributed by atoms with van der Waals surface area (Å²) in [5.74, 6) is 6.84. The van der Waals surface area contributed by atoms with Gasteiger partial charge in [0.2, 0.25) is 0 Å². The molecular weight excluding hydrogens is 194 g/mol. The summed E-state index contributed by atoms with van der Waals surface area (Å²) < 4.78 is 0. The summed E-state index contributed by atoms with van der Waals surface area (Å²) >= 11 is 0. The van der Waals surface area contributed by atoms with Gasteiger partial charge in [-0.05, 0) is 36.5 Å². The molecule has 0 bridgehead atoms. The summed E-state index contributed by atoms with van der Waals surface area (Å²) in [7, 11) is 0. The summed E-state index contributed by atoms with van der Waals surface area (Å²) in [5, 5.41) is 0. The minimum absolute atomic E-state index is 0.00431. The third-order valence-electron chi connectivity index (χ3n) is 2.44. The molecule has 1 atom stereocenters. The molecule has 1 heteroatoms. The lowest BCUT2D eigenvalue weighted by molar-refractivity contribution is 0.647. The number of nitrogens with two attached hydrogens (primary N) is 1. The average Bonchev–Trinajstić information content (AvgIpc) is 2.27. The second kappa shape index (κ2) is 6.35. The largest absolute Gasteiger partial charge is 0.318 e. The predicted molar refractivity (Wildman–Crippen MR) is 70.1 cm³/mol. The van der Waals surface area contributed by atoms with Crippen LogP contribution in [0.2, 0.25) is 0 Å². The van der Waals surface area contributed by atoms with E-state index in [2.05, 4.69) is 50.0 Å². The maximum Gasteiger partial charge on any atom is 0.0665 e. The zero-order valence-electron chi connectivity index (χ0n) is 10.5. The van der Waals surface area contributed by atoms with Crippen molar-refractivity contribution in [2.45, 2.75) is 39.7 Å². The highest BCUT2D eigenvalue weighted by Crippen LogP contribution is 2.09. The summed E-state index contributed by atoms with van der Waals surface area (Å²) in [6.45, 7) is 6.51. The molecular formula is C15H21N. The van der Waals surface area contributed by atoms with Crippen LogP contribution in [0.1, 0.15) is 38.3 Å². The minimum Gasteiger partial charge on any atom is -0.318 e. The third-order valence-corrected chi connectivity index (χ3v) is 2.44. The van der Waals surface area contributed by atoms with Gasteiger partial charge in [-0.2, -0.15) is 0 Å². The minimum atomic E-state index is -0.00431. The molecule has 0 spiro atoms. The van der Waals surface area contributed by atoms with Crippen LogP contribution in [0.5, 0.6) is 0 Å². The van der Waals surface area contributed by atoms with Gasteiger partial charge in [-0.15, -0.1) is 0 Å². The monoisotopic (exact) mass is 215 g/mol. The van der Waals surface area contributed by atoms with Crippen molar-refractivity contribution in [2.24, 2.45) is 11.7 Å². The van der Waals surface area contributed by atoms with E-state index in [4.69, 9.17) is 5.73 Å². The fourth-order valence-corrected chi connectivity index (χ4v) is 1.47. The van der Waals surface area contributed by atoms with E-state index in [9.17, 15) is 0 Å². The van der Waals surface area contributed by atoms with Crippen molar-refractivity contribution in [3.05, 3.63) is 35.4 Å². The van der Waals surface area contributed by atoms with E-state index in [0.29, 0.717) is 5.92 Å². The van der Waals surface area contributed by atoms with E-state index >= 15 is 0 Å². The molecule has 2 N–H and O–H groups in total. The molecule has 16 heavy (non-hydrogen) atoms. The molecule has 0 saturated carbocycles. The highest BCUT2D eigenvalue weighted by atomic mass is 14.6. The van der Waals surface area contributed by atoms with Crippen LogP contribution < -0.4 is 5.73 Å². The van der Waals surface area contributed by atoms with Gasteiger partial charge in [0.1, 0.15) is 0 Å². The predicted octanol–water partition coefficient (Wildman–Crippen LogP) is 2.97. The van der Waals surface area contributed by atoms with Crippen LogP contribution in [0.4, 0.5) is 0 Å². The van der Waals surface area contributed by atoms with Gasteiger partial charge in [0, 0.05) is 5.56 Å². The lowest BCUT2D eigenvalue weighted by atomic mass is 10.0. The highest BCUT2D eigenvalue weighted by Gasteiger charge is 1.97. The van der Waals surface area contributed by atoms with Gasteiger partial charge < -0.3 is 5.73 Å². The van der Waals surface area contributed by atoms with E-state index in [-0.39, 0.29) is 6.04 Å². The van der Waals surface area contributed by atoms with Gasteiger partial charge in [-0.25, -0.2) is 0 Å². The Bertz CT molecular complexity index is 365. The molecule has 0 fully saturated rings. The van der Waals surface area contributed by atoms with Gasteiger partial charge in [-0.3, -0.25) is 0 Å². The molecule has 1 nitrogen and oxygen atoms in total. The molecule has 1 aromatic carbocycles. The first-order chi connectivity index (χ1) is 7.61. The van der Waals surface area contributed by atoms with Crippen LogP contribution in [0.25, 0.3) is 0 Å². The normalized spacial score (nSPS) is 12.1. The number of benzene rings is 1. The fourth-order valence-electron chi connectivity index (χ4n) is 1.47. The summed E-state index contributed by atoms with van der Waals surface area (Å²) in [5.41, 5.74) is 8.17. The van der Waals surface area contributed by atoms with Crippen molar-refractivity contribution in [3.8, 4) is 11.8 Å². The van der Waals surface area contributed by atoms with Gasteiger partial charge in [-0.1, -0.05) is 44.7 Å². The van der Waals surface area contributed by atoms with Crippen LogP contribution in [0, 0.1) is 17.8 Å². The van der Waals surface area contributed by atoms with E-state index in [1.165, 1.54) is 5.56 Å². The number of hydrogen-bond donors (Lipinski definition) is 1. The van der Waals surface area contributed by atoms with Crippen molar-refractivity contribution in [2.75, 3.05) is 0 Å². The maximum absolute atomic E-state index is 5.74. The van der Waals surface area contributed by atoms with Crippen molar-refractivity contribution in [3.63, 3.8) is 0 Å². The molecule has 0 aliphatic rings. The lowest BCUT2D eigenvalue weighted by Gasteiger charge is -2.04. The van der Waals surface area contributed by atoms with Crippen LogP contribution in [-0.2, 0) is 6.42 Å². The molecule has 0 aliphatic carbocycles. The van der Waals surface area contributed by atoms with Crippen LogP contribution in [0.3, 0.4) is 0 Å².